The van der Waals surface area contributed by atoms with Crippen molar-refractivity contribution >= 4 is 11.9 Å². The fourth-order valence-electron chi connectivity index (χ4n) is 4.15. The van der Waals surface area contributed by atoms with Gasteiger partial charge in [-0.25, -0.2) is 0 Å². The monoisotopic (exact) mass is 325 g/mol. The van der Waals surface area contributed by atoms with E-state index in [1.54, 1.807) is 11.0 Å². The van der Waals surface area contributed by atoms with Crippen LogP contribution in [0.3, 0.4) is 0 Å². The second kappa shape index (κ2) is 5.47. The molecule has 2 atom stereocenters. The number of aliphatic carboxylic acids is 1. The van der Waals surface area contributed by atoms with Gasteiger partial charge in [0.15, 0.2) is 0 Å². The van der Waals surface area contributed by atoms with Crippen LogP contribution in [0.5, 0.6) is 0 Å². The molecule has 1 amide bonds. The average Bonchev–Trinajstić information content (AvgIpc) is 3.29. The number of fused-ring (bicyclic) bond motifs is 1. The number of hydrogen-bond acceptors (Lipinski definition) is 3. The van der Waals surface area contributed by atoms with Crippen LogP contribution < -0.4 is 0 Å². The first-order valence-corrected chi connectivity index (χ1v) is 8.24. The lowest BCUT2D eigenvalue weighted by molar-refractivity contribution is -0.149. The molecule has 0 spiro atoms. The molecule has 2 aliphatic rings. The van der Waals surface area contributed by atoms with Crippen molar-refractivity contribution in [2.24, 2.45) is 11.3 Å². The van der Waals surface area contributed by atoms with Gasteiger partial charge < -0.3 is 10.0 Å². The van der Waals surface area contributed by atoms with Gasteiger partial charge in [0.1, 0.15) is 5.69 Å². The Hall–Kier alpha value is -2.63. The minimum Gasteiger partial charge on any atom is -0.481 e. The number of hydrogen-bond donors (Lipinski definition) is 2. The van der Waals surface area contributed by atoms with Crippen LogP contribution in [0, 0.1) is 11.3 Å². The largest absolute Gasteiger partial charge is 0.481 e. The average molecular weight is 325 g/mol. The number of nitrogens with one attached hydrogen (secondary N) is 1. The lowest BCUT2D eigenvalue weighted by Crippen LogP contribution is -2.37. The Morgan fingerprint density at radius 1 is 1.29 bits per heavy atom. The summed E-state index contributed by atoms with van der Waals surface area (Å²) in [4.78, 5) is 26.2. The van der Waals surface area contributed by atoms with E-state index in [0.29, 0.717) is 30.9 Å². The Morgan fingerprint density at radius 2 is 2.08 bits per heavy atom. The van der Waals surface area contributed by atoms with E-state index in [2.05, 4.69) is 10.2 Å². The van der Waals surface area contributed by atoms with Gasteiger partial charge in [0.05, 0.1) is 11.1 Å². The summed E-state index contributed by atoms with van der Waals surface area (Å²) < 4.78 is 0. The fourth-order valence-corrected chi connectivity index (χ4v) is 4.15. The molecule has 2 aromatic rings. The molecule has 2 N–H and O–H groups in total. The van der Waals surface area contributed by atoms with E-state index in [1.807, 2.05) is 30.3 Å². The maximum absolute atomic E-state index is 12.7. The van der Waals surface area contributed by atoms with Gasteiger partial charge in [-0.1, -0.05) is 36.8 Å². The van der Waals surface area contributed by atoms with Gasteiger partial charge in [0.25, 0.3) is 5.91 Å². The molecular formula is C18H19N3O3. The zero-order valence-electron chi connectivity index (χ0n) is 13.2. The maximum atomic E-state index is 12.7. The van der Waals surface area contributed by atoms with Crippen LogP contribution in [0.15, 0.2) is 36.4 Å². The van der Waals surface area contributed by atoms with Crippen LogP contribution in [-0.2, 0) is 4.79 Å². The van der Waals surface area contributed by atoms with Gasteiger partial charge in [-0.15, -0.1) is 0 Å². The summed E-state index contributed by atoms with van der Waals surface area (Å²) in [5, 5.41) is 16.7. The van der Waals surface area contributed by atoms with Crippen molar-refractivity contribution in [2.75, 3.05) is 13.1 Å². The summed E-state index contributed by atoms with van der Waals surface area (Å²) in [6.45, 7) is 0.816. The van der Waals surface area contributed by atoms with Crippen molar-refractivity contribution < 1.29 is 14.7 Å². The Morgan fingerprint density at radius 3 is 2.79 bits per heavy atom. The molecule has 24 heavy (non-hydrogen) atoms. The fraction of sp³-hybridized carbons (Fsp3) is 0.389. The standard InChI is InChI=1S/C18H19N3O3/c22-16(15-9-14(19-20-15)12-5-2-1-3-6-12)21-10-13-7-4-8-18(13,11-21)17(23)24/h1-3,5-6,9,13H,4,7-8,10-11H2,(H,19,20)(H,23,24)/t13-,18+/m0/s1. The molecule has 124 valence electrons. The first-order chi connectivity index (χ1) is 11.6. The van der Waals surface area contributed by atoms with E-state index in [-0.39, 0.29) is 11.8 Å². The van der Waals surface area contributed by atoms with Crippen LogP contribution in [0.1, 0.15) is 29.8 Å². The van der Waals surface area contributed by atoms with E-state index >= 15 is 0 Å². The summed E-state index contributed by atoms with van der Waals surface area (Å²) >= 11 is 0. The molecule has 0 bridgehead atoms. The van der Waals surface area contributed by atoms with Crippen LogP contribution in [-0.4, -0.2) is 45.2 Å². The van der Waals surface area contributed by atoms with Crippen molar-refractivity contribution in [2.45, 2.75) is 19.3 Å². The summed E-state index contributed by atoms with van der Waals surface area (Å²) in [6.07, 6.45) is 2.48. The molecular weight excluding hydrogens is 306 g/mol. The van der Waals surface area contributed by atoms with E-state index < -0.39 is 11.4 Å². The SMILES string of the molecule is O=C(c1cc(-c2ccccc2)n[nH]1)N1C[C@@H]2CCC[C@@]2(C(=O)O)C1. The number of aromatic nitrogens is 2. The van der Waals surface area contributed by atoms with E-state index in [9.17, 15) is 14.7 Å². The van der Waals surface area contributed by atoms with Gasteiger partial charge >= 0.3 is 5.97 Å². The number of benzene rings is 1. The molecule has 2 fully saturated rings. The Balaban J connectivity index is 1.55. The topological polar surface area (TPSA) is 86.3 Å². The molecule has 1 saturated carbocycles. The highest BCUT2D eigenvalue weighted by Gasteiger charge is 2.55. The first kappa shape index (κ1) is 14.9. The number of carbonyl (C=O) groups is 2. The zero-order valence-corrected chi connectivity index (χ0v) is 13.2. The molecule has 1 aliphatic heterocycles. The van der Waals surface area contributed by atoms with Crippen molar-refractivity contribution in [3.8, 4) is 11.3 Å². The molecule has 1 saturated heterocycles. The van der Waals surface area contributed by atoms with Crippen LogP contribution in [0.25, 0.3) is 11.3 Å². The Kier molecular flexibility index (Phi) is 3.40. The molecule has 1 aromatic heterocycles. The second-order valence-corrected chi connectivity index (χ2v) is 6.77. The molecule has 0 unspecified atom stereocenters. The number of carboxylic acid groups (broad SMARTS) is 1. The highest BCUT2D eigenvalue weighted by molar-refractivity contribution is 5.94. The number of rotatable bonds is 3. The summed E-state index contributed by atoms with van der Waals surface area (Å²) in [6, 6.07) is 11.4. The van der Waals surface area contributed by atoms with Crippen molar-refractivity contribution in [3.05, 3.63) is 42.1 Å². The molecule has 1 aliphatic carbocycles. The third kappa shape index (κ3) is 2.21. The predicted octanol–water partition coefficient (Wildman–Crippen LogP) is 2.40. The Bertz CT molecular complexity index is 786. The number of amides is 1. The van der Waals surface area contributed by atoms with Crippen molar-refractivity contribution in [1.82, 2.24) is 15.1 Å². The number of aromatic amines is 1. The van der Waals surface area contributed by atoms with E-state index in [1.165, 1.54) is 0 Å². The number of H-pyrrole nitrogens is 1. The smallest absolute Gasteiger partial charge is 0.311 e. The molecule has 0 radical (unpaired) electrons. The lowest BCUT2D eigenvalue weighted by Gasteiger charge is -2.23. The van der Waals surface area contributed by atoms with Crippen LogP contribution in [0.2, 0.25) is 0 Å². The van der Waals surface area contributed by atoms with Gasteiger partial charge in [0.2, 0.25) is 0 Å². The van der Waals surface area contributed by atoms with Crippen LogP contribution >= 0.6 is 0 Å². The number of carboxylic acids is 1. The van der Waals surface area contributed by atoms with E-state index in [4.69, 9.17) is 0 Å². The van der Waals surface area contributed by atoms with Crippen LogP contribution in [0.4, 0.5) is 0 Å². The van der Waals surface area contributed by atoms with E-state index in [0.717, 1.165) is 18.4 Å². The summed E-state index contributed by atoms with van der Waals surface area (Å²) in [7, 11) is 0. The van der Waals surface area contributed by atoms with Crippen molar-refractivity contribution in [3.63, 3.8) is 0 Å². The van der Waals surface area contributed by atoms with Gasteiger partial charge in [-0.3, -0.25) is 14.7 Å². The maximum Gasteiger partial charge on any atom is 0.311 e. The zero-order chi connectivity index (χ0) is 16.7. The Labute approximate surface area is 139 Å². The van der Waals surface area contributed by atoms with Gasteiger partial charge in [-0.2, -0.15) is 5.10 Å². The second-order valence-electron chi connectivity index (χ2n) is 6.77. The van der Waals surface area contributed by atoms with Crippen molar-refractivity contribution in [1.29, 1.82) is 0 Å². The molecule has 4 rings (SSSR count). The summed E-state index contributed by atoms with van der Waals surface area (Å²) in [5.41, 5.74) is 1.31. The molecule has 6 heteroatoms. The van der Waals surface area contributed by atoms with Gasteiger partial charge in [-0.05, 0) is 24.8 Å². The minimum absolute atomic E-state index is 0.0652. The molecule has 2 heterocycles. The minimum atomic E-state index is -0.769. The molecule has 1 aromatic carbocycles. The number of nitrogens with zero attached hydrogens (tertiary/aromatic N) is 2. The third-order valence-electron chi connectivity index (χ3n) is 5.46. The quantitative estimate of drug-likeness (QED) is 0.907. The number of carbonyl (C=O) groups excluding carboxylic acids is 1. The lowest BCUT2D eigenvalue weighted by atomic mass is 9.81. The van der Waals surface area contributed by atoms with Gasteiger partial charge in [0, 0.05) is 18.7 Å². The predicted molar refractivity (Wildman–Crippen MR) is 87.3 cm³/mol. The highest BCUT2D eigenvalue weighted by atomic mass is 16.4. The number of likely N-dealkylation sites (tertiary alicyclic amines) is 1. The normalized spacial score (nSPS) is 25.7. The molecule has 6 nitrogen and oxygen atoms in total. The highest BCUT2D eigenvalue weighted by Crippen LogP contribution is 2.49. The summed E-state index contributed by atoms with van der Waals surface area (Å²) in [5.74, 6) is -0.870. The first-order valence-electron chi connectivity index (χ1n) is 8.24. The third-order valence-corrected chi connectivity index (χ3v) is 5.46.